The van der Waals surface area contributed by atoms with Gasteiger partial charge in [-0.2, -0.15) is 4.98 Å². The molecule has 0 fully saturated rings. The van der Waals surface area contributed by atoms with E-state index in [1.807, 2.05) is 36.4 Å². The summed E-state index contributed by atoms with van der Waals surface area (Å²) < 4.78 is 5.48. The molecular weight excluding hydrogens is 368 g/mol. The molecule has 0 saturated heterocycles. The van der Waals surface area contributed by atoms with Crippen LogP contribution < -0.4 is 20.3 Å². The van der Waals surface area contributed by atoms with Crippen LogP contribution in [0.4, 0.5) is 23.3 Å². The highest BCUT2D eigenvalue weighted by molar-refractivity contribution is 5.89. The number of carbonyl (C=O) groups excluding carboxylic acids is 1. The quantitative estimate of drug-likeness (QED) is 0.691. The normalized spacial score (nSPS) is 12.8. The van der Waals surface area contributed by atoms with Crippen molar-refractivity contribution in [1.82, 2.24) is 15.0 Å². The second-order valence-electron chi connectivity index (χ2n) is 6.77. The molecule has 0 atom stereocenters. The van der Waals surface area contributed by atoms with E-state index in [2.05, 4.69) is 36.6 Å². The van der Waals surface area contributed by atoms with E-state index in [4.69, 9.17) is 4.74 Å². The van der Waals surface area contributed by atoms with Crippen molar-refractivity contribution in [3.05, 3.63) is 59.9 Å². The van der Waals surface area contributed by atoms with Gasteiger partial charge in [-0.05, 0) is 36.2 Å². The van der Waals surface area contributed by atoms with Crippen LogP contribution in [0.5, 0.6) is 5.75 Å². The summed E-state index contributed by atoms with van der Waals surface area (Å²) in [4.78, 5) is 26.5. The zero-order valence-electron chi connectivity index (χ0n) is 16.3. The number of ether oxygens (including phenoxy) is 1. The van der Waals surface area contributed by atoms with Gasteiger partial charge in [-0.15, -0.1) is 0 Å². The number of fused-ring (bicyclic) bond motifs is 1. The van der Waals surface area contributed by atoms with Crippen molar-refractivity contribution < 1.29 is 9.53 Å². The molecule has 0 bridgehead atoms. The van der Waals surface area contributed by atoms with Crippen LogP contribution in [0, 0.1) is 0 Å². The number of hydrogen-bond donors (Lipinski definition) is 2. The monoisotopic (exact) mass is 390 g/mol. The molecule has 2 heterocycles. The van der Waals surface area contributed by atoms with E-state index in [-0.39, 0.29) is 5.91 Å². The topological polar surface area (TPSA) is 92.3 Å². The first-order valence-corrected chi connectivity index (χ1v) is 9.36. The SMILES string of the molecule is COc1cccc2c1CCN(c1ncnc(Nc3cccc(NC(C)=O)c3)n1)C2. The lowest BCUT2D eigenvalue weighted by Gasteiger charge is -2.29. The van der Waals surface area contributed by atoms with Crippen molar-refractivity contribution in [1.29, 1.82) is 0 Å². The highest BCUT2D eigenvalue weighted by Crippen LogP contribution is 2.29. The zero-order chi connectivity index (χ0) is 20.2. The molecular formula is C21H22N6O2. The van der Waals surface area contributed by atoms with Gasteiger partial charge in [0.2, 0.25) is 17.8 Å². The molecule has 4 rings (SSSR count). The molecule has 8 heteroatoms. The summed E-state index contributed by atoms with van der Waals surface area (Å²) >= 11 is 0. The van der Waals surface area contributed by atoms with E-state index in [1.54, 1.807) is 7.11 Å². The van der Waals surface area contributed by atoms with Crippen LogP contribution >= 0.6 is 0 Å². The van der Waals surface area contributed by atoms with Crippen molar-refractivity contribution in [3.63, 3.8) is 0 Å². The molecule has 0 radical (unpaired) electrons. The fourth-order valence-corrected chi connectivity index (χ4v) is 3.44. The van der Waals surface area contributed by atoms with Crippen molar-refractivity contribution in [2.24, 2.45) is 0 Å². The van der Waals surface area contributed by atoms with Crippen LogP contribution in [0.25, 0.3) is 0 Å². The first-order valence-electron chi connectivity index (χ1n) is 9.36. The number of methoxy groups -OCH3 is 1. The van der Waals surface area contributed by atoms with Gasteiger partial charge in [0.1, 0.15) is 12.1 Å². The van der Waals surface area contributed by atoms with E-state index in [0.717, 1.165) is 24.4 Å². The Morgan fingerprint density at radius 3 is 2.79 bits per heavy atom. The Morgan fingerprint density at radius 2 is 1.97 bits per heavy atom. The number of anilines is 4. The highest BCUT2D eigenvalue weighted by Gasteiger charge is 2.21. The predicted molar refractivity (Wildman–Crippen MR) is 112 cm³/mol. The van der Waals surface area contributed by atoms with E-state index < -0.39 is 0 Å². The molecule has 1 aliphatic rings. The van der Waals surface area contributed by atoms with Crippen LogP contribution in [0.1, 0.15) is 18.1 Å². The Balaban J connectivity index is 1.51. The maximum atomic E-state index is 11.3. The lowest BCUT2D eigenvalue weighted by atomic mass is 9.99. The maximum absolute atomic E-state index is 11.3. The second-order valence-corrected chi connectivity index (χ2v) is 6.77. The Morgan fingerprint density at radius 1 is 1.14 bits per heavy atom. The largest absolute Gasteiger partial charge is 0.496 e. The Bertz CT molecular complexity index is 1040. The maximum Gasteiger partial charge on any atom is 0.232 e. The van der Waals surface area contributed by atoms with Gasteiger partial charge in [0, 0.05) is 37.0 Å². The Labute approximate surface area is 169 Å². The zero-order valence-corrected chi connectivity index (χ0v) is 16.3. The van der Waals surface area contributed by atoms with Gasteiger partial charge in [-0.1, -0.05) is 18.2 Å². The minimum Gasteiger partial charge on any atom is -0.496 e. The van der Waals surface area contributed by atoms with Gasteiger partial charge < -0.3 is 20.3 Å². The summed E-state index contributed by atoms with van der Waals surface area (Å²) in [6.45, 7) is 2.99. The number of benzene rings is 2. The number of hydrogen-bond acceptors (Lipinski definition) is 7. The van der Waals surface area contributed by atoms with Gasteiger partial charge in [-0.3, -0.25) is 4.79 Å². The lowest BCUT2D eigenvalue weighted by Crippen LogP contribution is -2.32. The molecule has 0 unspecified atom stereocenters. The Kier molecular flexibility index (Phi) is 5.24. The number of nitrogens with one attached hydrogen (secondary N) is 2. The molecule has 0 saturated carbocycles. The molecule has 0 aliphatic carbocycles. The van der Waals surface area contributed by atoms with Crippen molar-refractivity contribution in [2.45, 2.75) is 19.9 Å². The number of amides is 1. The molecule has 2 N–H and O–H groups in total. The van der Waals surface area contributed by atoms with Crippen molar-refractivity contribution >= 4 is 29.2 Å². The minimum absolute atomic E-state index is 0.119. The van der Waals surface area contributed by atoms with Gasteiger partial charge >= 0.3 is 0 Å². The van der Waals surface area contributed by atoms with Crippen LogP contribution in [-0.4, -0.2) is 34.5 Å². The van der Waals surface area contributed by atoms with Crippen LogP contribution in [0.3, 0.4) is 0 Å². The second kappa shape index (κ2) is 8.14. The van der Waals surface area contributed by atoms with Crippen molar-refractivity contribution in [3.8, 4) is 5.75 Å². The Hall–Kier alpha value is -3.68. The molecule has 148 valence electrons. The number of nitrogens with zero attached hydrogens (tertiary/aromatic N) is 4. The first-order chi connectivity index (χ1) is 14.1. The lowest BCUT2D eigenvalue weighted by molar-refractivity contribution is -0.114. The molecule has 1 aliphatic heterocycles. The minimum atomic E-state index is -0.119. The molecule has 0 spiro atoms. The fraction of sp³-hybridized carbons (Fsp3) is 0.238. The summed E-state index contributed by atoms with van der Waals surface area (Å²) in [5.41, 5.74) is 3.95. The highest BCUT2D eigenvalue weighted by atomic mass is 16.5. The van der Waals surface area contributed by atoms with E-state index >= 15 is 0 Å². The molecule has 2 aromatic carbocycles. The molecule has 29 heavy (non-hydrogen) atoms. The summed E-state index contributed by atoms with van der Waals surface area (Å²) in [5, 5.41) is 5.94. The first kappa shape index (κ1) is 18.7. The predicted octanol–water partition coefficient (Wildman–Crippen LogP) is 3.14. The fourth-order valence-electron chi connectivity index (χ4n) is 3.44. The van der Waals surface area contributed by atoms with Gasteiger partial charge in [-0.25, -0.2) is 9.97 Å². The summed E-state index contributed by atoms with van der Waals surface area (Å²) in [7, 11) is 1.70. The van der Waals surface area contributed by atoms with Crippen LogP contribution in [0.2, 0.25) is 0 Å². The molecule has 1 amide bonds. The molecule has 8 nitrogen and oxygen atoms in total. The third-order valence-corrected chi connectivity index (χ3v) is 4.72. The van der Waals surface area contributed by atoms with Gasteiger partial charge in [0.15, 0.2) is 0 Å². The van der Waals surface area contributed by atoms with Gasteiger partial charge in [0.25, 0.3) is 0 Å². The summed E-state index contributed by atoms with van der Waals surface area (Å²) in [6, 6.07) is 13.5. The van der Waals surface area contributed by atoms with Crippen LogP contribution in [0.15, 0.2) is 48.8 Å². The number of carbonyl (C=O) groups is 1. The summed E-state index contributed by atoms with van der Waals surface area (Å²) in [6.07, 6.45) is 2.37. The molecule has 1 aromatic heterocycles. The smallest absolute Gasteiger partial charge is 0.232 e. The van der Waals surface area contributed by atoms with E-state index in [9.17, 15) is 4.79 Å². The van der Waals surface area contributed by atoms with E-state index in [0.29, 0.717) is 24.1 Å². The standard InChI is InChI=1S/C21H22N6O2/c1-14(28)24-16-6-4-7-17(11-16)25-20-22-13-23-21(26-20)27-10-9-18-15(12-27)5-3-8-19(18)29-2/h3-8,11,13H,9-10,12H2,1-2H3,(H,24,28)(H,22,23,25,26). The average molecular weight is 390 g/mol. The molecule has 3 aromatic rings. The third-order valence-electron chi connectivity index (χ3n) is 4.72. The van der Waals surface area contributed by atoms with Crippen LogP contribution in [-0.2, 0) is 17.8 Å². The third kappa shape index (κ3) is 4.26. The number of rotatable bonds is 5. The van der Waals surface area contributed by atoms with Crippen molar-refractivity contribution in [2.75, 3.05) is 29.2 Å². The average Bonchev–Trinajstić information content (AvgIpc) is 2.73. The van der Waals surface area contributed by atoms with Gasteiger partial charge in [0.05, 0.1) is 7.11 Å². The summed E-state index contributed by atoms with van der Waals surface area (Å²) in [5.74, 6) is 1.88. The number of aromatic nitrogens is 3. The van der Waals surface area contributed by atoms with E-state index in [1.165, 1.54) is 24.4 Å².